The molecule has 0 unspecified atom stereocenters. The lowest BCUT2D eigenvalue weighted by Crippen LogP contribution is -2.40. The van der Waals surface area contributed by atoms with Gasteiger partial charge in [-0.1, -0.05) is 29.8 Å². The molecule has 4 rings (SSSR count). The first-order chi connectivity index (χ1) is 13.2. The molecule has 0 aliphatic carbocycles. The number of hydrogen-bond donors (Lipinski definition) is 1. The van der Waals surface area contributed by atoms with Crippen molar-refractivity contribution < 1.29 is 4.39 Å². The van der Waals surface area contributed by atoms with E-state index in [9.17, 15) is 4.39 Å². The minimum atomic E-state index is -0.240. The van der Waals surface area contributed by atoms with Gasteiger partial charge in [-0.05, 0) is 54.3 Å². The van der Waals surface area contributed by atoms with Crippen LogP contribution in [0.5, 0.6) is 0 Å². The summed E-state index contributed by atoms with van der Waals surface area (Å²) in [6.45, 7) is 1.71. The standard InChI is InChI=1S/C21H20ClFN4/c22-17-5-2-15(3-6-17)16-4-7-20(19(23)14-16)26-18-8-12-27(13-9-18)21-24-10-1-11-25-21/h1-7,10-11,14,18,26H,8-9,12-13H2. The lowest BCUT2D eigenvalue weighted by atomic mass is 10.0. The Kier molecular flexibility index (Phi) is 5.21. The summed E-state index contributed by atoms with van der Waals surface area (Å²) in [5.41, 5.74) is 2.33. The van der Waals surface area contributed by atoms with E-state index in [0.717, 1.165) is 43.0 Å². The van der Waals surface area contributed by atoms with Crippen molar-refractivity contribution in [2.24, 2.45) is 0 Å². The van der Waals surface area contributed by atoms with Gasteiger partial charge in [0.1, 0.15) is 5.82 Å². The van der Waals surface area contributed by atoms with E-state index in [0.29, 0.717) is 10.7 Å². The third kappa shape index (κ3) is 4.19. The number of rotatable bonds is 4. The summed E-state index contributed by atoms with van der Waals surface area (Å²) in [5.74, 6) is 0.519. The van der Waals surface area contributed by atoms with Crippen LogP contribution in [0.1, 0.15) is 12.8 Å². The Morgan fingerprint density at radius 3 is 2.30 bits per heavy atom. The average Bonchev–Trinajstić information content (AvgIpc) is 2.71. The predicted octanol–water partition coefficient (Wildman–Crippen LogP) is 5.02. The number of hydrogen-bond acceptors (Lipinski definition) is 4. The van der Waals surface area contributed by atoms with Crippen LogP contribution >= 0.6 is 11.6 Å². The Bertz CT molecular complexity index is 894. The van der Waals surface area contributed by atoms with E-state index in [-0.39, 0.29) is 11.9 Å². The fourth-order valence-corrected chi connectivity index (χ4v) is 3.48. The van der Waals surface area contributed by atoms with Crippen molar-refractivity contribution in [1.29, 1.82) is 0 Å². The van der Waals surface area contributed by atoms with E-state index < -0.39 is 0 Å². The number of benzene rings is 2. The molecule has 0 saturated carbocycles. The van der Waals surface area contributed by atoms with Crippen LogP contribution in [0.4, 0.5) is 16.0 Å². The van der Waals surface area contributed by atoms with Gasteiger partial charge in [-0.25, -0.2) is 14.4 Å². The van der Waals surface area contributed by atoms with Crippen molar-refractivity contribution in [3.8, 4) is 11.1 Å². The van der Waals surface area contributed by atoms with Crippen LogP contribution in [-0.2, 0) is 0 Å². The van der Waals surface area contributed by atoms with Gasteiger partial charge < -0.3 is 10.2 Å². The summed E-state index contributed by atoms with van der Waals surface area (Å²) >= 11 is 5.92. The summed E-state index contributed by atoms with van der Waals surface area (Å²) in [6, 6.07) is 14.8. The van der Waals surface area contributed by atoms with Crippen LogP contribution in [0.3, 0.4) is 0 Å². The van der Waals surface area contributed by atoms with E-state index in [2.05, 4.69) is 20.2 Å². The molecule has 1 aromatic heterocycles. The van der Waals surface area contributed by atoms with Gasteiger partial charge in [0.15, 0.2) is 0 Å². The highest BCUT2D eigenvalue weighted by atomic mass is 35.5. The van der Waals surface area contributed by atoms with Crippen molar-refractivity contribution in [1.82, 2.24) is 9.97 Å². The Labute approximate surface area is 163 Å². The van der Waals surface area contributed by atoms with Crippen LogP contribution in [0.25, 0.3) is 11.1 Å². The number of piperidine rings is 1. The summed E-state index contributed by atoms with van der Waals surface area (Å²) in [5, 5.41) is 4.02. The van der Waals surface area contributed by atoms with Crippen LogP contribution in [-0.4, -0.2) is 29.1 Å². The molecular formula is C21H20ClFN4. The third-order valence-electron chi connectivity index (χ3n) is 4.84. The van der Waals surface area contributed by atoms with Gasteiger partial charge in [0.25, 0.3) is 0 Å². The zero-order valence-electron chi connectivity index (χ0n) is 14.8. The number of halogens is 2. The molecule has 1 aliphatic rings. The first kappa shape index (κ1) is 17.7. The molecule has 4 nitrogen and oxygen atoms in total. The van der Waals surface area contributed by atoms with Gasteiger partial charge in [-0.3, -0.25) is 0 Å². The molecule has 6 heteroatoms. The molecule has 1 fully saturated rings. The zero-order chi connectivity index (χ0) is 18.6. The van der Waals surface area contributed by atoms with Crippen LogP contribution in [0.15, 0.2) is 60.9 Å². The SMILES string of the molecule is Fc1cc(-c2ccc(Cl)cc2)ccc1NC1CCN(c2ncccn2)CC1. The van der Waals surface area contributed by atoms with Crippen LogP contribution in [0.2, 0.25) is 5.02 Å². The van der Waals surface area contributed by atoms with Crippen LogP contribution in [0, 0.1) is 5.82 Å². The van der Waals surface area contributed by atoms with Crippen molar-refractivity contribution in [3.63, 3.8) is 0 Å². The van der Waals surface area contributed by atoms with Gasteiger partial charge >= 0.3 is 0 Å². The van der Waals surface area contributed by atoms with Gasteiger partial charge in [0, 0.05) is 36.5 Å². The molecule has 27 heavy (non-hydrogen) atoms. The van der Waals surface area contributed by atoms with Crippen molar-refractivity contribution in [3.05, 3.63) is 71.8 Å². The Hall–Kier alpha value is -2.66. The smallest absolute Gasteiger partial charge is 0.225 e. The molecule has 2 aromatic carbocycles. The van der Waals surface area contributed by atoms with Gasteiger partial charge in [0.2, 0.25) is 5.95 Å². The van der Waals surface area contributed by atoms with Gasteiger partial charge in [0.05, 0.1) is 5.69 Å². The molecule has 0 spiro atoms. The number of nitrogens with zero attached hydrogens (tertiary/aromatic N) is 3. The summed E-state index contributed by atoms with van der Waals surface area (Å²) in [7, 11) is 0. The molecule has 3 aromatic rings. The fourth-order valence-electron chi connectivity index (χ4n) is 3.35. The van der Waals surface area contributed by atoms with E-state index in [1.165, 1.54) is 0 Å². The molecule has 0 amide bonds. The second-order valence-electron chi connectivity index (χ2n) is 6.66. The Balaban J connectivity index is 1.39. The van der Waals surface area contributed by atoms with Gasteiger partial charge in [-0.2, -0.15) is 0 Å². The Morgan fingerprint density at radius 1 is 0.963 bits per heavy atom. The minimum Gasteiger partial charge on any atom is -0.380 e. The van der Waals surface area contributed by atoms with Crippen molar-refractivity contribution in [2.45, 2.75) is 18.9 Å². The topological polar surface area (TPSA) is 41.0 Å². The highest BCUT2D eigenvalue weighted by molar-refractivity contribution is 6.30. The highest BCUT2D eigenvalue weighted by Gasteiger charge is 2.21. The van der Waals surface area contributed by atoms with Gasteiger partial charge in [-0.15, -0.1) is 0 Å². The normalized spacial score (nSPS) is 15.0. The molecule has 0 atom stereocenters. The second-order valence-corrected chi connectivity index (χ2v) is 7.09. The lowest BCUT2D eigenvalue weighted by molar-refractivity contribution is 0.516. The van der Waals surface area contributed by atoms with E-state index >= 15 is 0 Å². The predicted molar refractivity (Wildman–Crippen MR) is 108 cm³/mol. The van der Waals surface area contributed by atoms with Crippen LogP contribution < -0.4 is 10.2 Å². The average molecular weight is 383 g/mol. The van der Waals surface area contributed by atoms with Crippen molar-refractivity contribution in [2.75, 3.05) is 23.3 Å². The first-order valence-corrected chi connectivity index (χ1v) is 9.41. The summed E-state index contributed by atoms with van der Waals surface area (Å²) < 4.78 is 14.6. The summed E-state index contributed by atoms with van der Waals surface area (Å²) in [4.78, 5) is 10.8. The molecule has 1 N–H and O–H groups in total. The molecule has 1 saturated heterocycles. The second kappa shape index (κ2) is 7.92. The number of anilines is 2. The van der Waals surface area contributed by atoms with E-state index in [1.807, 2.05) is 42.5 Å². The fraction of sp³-hybridized carbons (Fsp3) is 0.238. The summed E-state index contributed by atoms with van der Waals surface area (Å²) in [6.07, 6.45) is 5.34. The van der Waals surface area contributed by atoms with E-state index in [4.69, 9.17) is 11.6 Å². The Morgan fingerprint density at radius 2 is 1.63 bits per heavy atom. The maximum Gasteiger partial charge on any atom is 0.225 e. The number of nitrogens with one attached hydrogen (secondary N) is 1. The first-order valence-electron chi connectivity index (χ1n) is 9.03. The minimum absolute atomic E-state index is 0.237. The largest absolute Gasteiger partial charge is 0.380 e. The monoisotopic (exact) mass is 382 g/mol. The maximum atomic E-state index is 14.6. The maximum absolute atomic E-state index is 14.6. The highest BCUT2D eigenvalue weighted by Crippen LogP contribution is 2.27. The lowest BCUT2D eigenvalue weighted by Gasteiger charge is -2.32. The quantitative estimate of drug-likeness (QED) is 0.688. The van der Waals surface area contributed by atoms with Crippen molar-refractivity contribution >= 4 is 23.2 Å². The molecule has 0 bridgehead atoms. The molecule has 1 aliphatic heterocycles. The molecule has 138 valence electrons. The molecule has 0 radical (unpaired) electrons. The number of aromatic nitrogens is 2. The molecule has 2 heterocycles. The molecular weight excluding hydrogens is 363 g/mol. The third-order valence-corrected chi connectivity index (χ3v) is 5.09. The van der Waals surface area contributed by atoms with E-state index in [1.54, 1.807) is 18.5 Å². The zero-order valence-corrected chi connectivity index (χ0v) is 15.5.